The summed E-state index contributed by atoms with van der Waals surface area (Å²) in [5, 5.41) is 21.2. The van der Waals surface area contributed by atoms with Crippen molar-refractivity contribution in [3.63, 3.8) is 0 Å². The maximum absolute atomic E-state index is 13.9. The summed E-state index contributed by atoms with van der Waals surface area (Å²) in [7, 11) is 0. The van der Waals surface area contributed by atoms with E-state index in [0.717, 1.165) is 4.90 Å². The van der Waals surface area contributed by atoms with Gasteiger partial charge in [0.15, 0.2) is 0 Å². The highest BCUT2D eigenvalue weighted by molar-refractivity contribution is 6.13. The monoisotopic (exact) mass is 506 g/mol. The van der Waals surface area contributed by atoms with E-state index in [-0.39, 0.29) is 29.3 Å². The number of benzene rings is 3. The molecule has 10 heteroatoms. The van der Waals surface area contributed by atoms with Crippen LogP contribution in [0.2, 0.25) is 0 Å². The van der Waals surface area contributed by atoms with Gasteiger partial charge in [-0.1, -0.05) is 65.9 Å². The minimum atomic E-state index is -1.43. The average Bonchev–Trinajstić information content (AvgIpc) is 3.37. The summed E-state index contributed by atoms with van der Waals surface area (Å²) in [5.74, 6) is -1.09. The van der Waals surface area contributed by atoms with Crippen LogP contribution in [0, 0.1) is 0 Å². The molecule has 0 aliphatic heterocycles. The van der Waals surface area contributed by atoms with Crippen molar-refractivity contribution in [2.45, 2.75) is 12.7 Å². The first-order valence-electron chi connectivity index (χ1n) is 11.7. The van der Waals surface area contributed by atoms with Gasteiger partial charge in [-0.2, -0.15) is 0 Å². The molecule has 10 nitrogen and oxygen atoms in total. The molecule has 0 saturated heterocycles. The Kier molecular flexibility index (Phi) is 6.85. The third kappa shape index (κ3) is 4.96. The molecule has 0 fully saturated rings. The summed E-state index contributed by atoms with van der Waals surface area (Å²) in [6.07, 6.45) is -1.25. The van der Waals surface area contributed by atoms with Crippen molar-refractivity contribution >= 4 is 34.5 Å². The number of ketones is 1. The fourth-order valence-corrected chi connectivity index (χ4v) is 4.11. The van der Waals surface area contributed by atoms with Gasteiger partial charge in [0, 0.05) is 11.8 Å². The Bertz CT molecular complexity index is 1600. The molecule has 1 atom stereocenters. The number of pyridine rings is 1. The fourth-order valence-electron chi connectivity index (χ4n) is 4.11. The topological polar surface area (TPSA) is 130 Å². The second-order valence-electron chi connectivity index (χ2n) is 8.37. The van der Waals surface area contributed by atoms with Gasteiger partial charge in [-0.3, -0.25) is 19.5 Å². The Balaban J connectivity index is 1.56. The van der Waals surface area contributed by atoms with Gasteiger partial charge in [0.1, 0.15) is 11.2 Å². The summed E-state index contributed by atoms with van der Waals surface area (Å²) in [4.78, 5) is 44.6. The van der Waals surface area contributed by atoms with E-state index in [9.17, 15) is 19.5 Å². The summed E-state index contributed by atoms with van der Waals surface area (Å²) >= 11 is 0. The zero-order valence-corrected chi connectivity index (χ0v) is 20.0. The second-order valence-corrected chi connectivity index (χ2v) is 8.37. The SMILES string of the molecule is O=C(c1ccccn1)c1ccccc1NC(=O)C(N(Cc1ccccc1)C(=O)O)n1nnc2ccccc21. The van der Waals surface area contributed by atoms with E-state index in [0.29, 0.717) is 16.6 Å². The van der Waals surface area contributed by atoms with Crippen LogP contribution >= 0.6 is 0 Å². The summed E-state index contributed by atoms with van der Waals surface area (Å²) in [6, 6.07) is 27.3. The predicted octanol–water partition coefficient (Wildman–Crippen LogP) is 4.37. The standard InChI is InChI=1S/C28H22N6O4/c35-25(23-15-8-9-17-29-23)20-12-4-5-13-21(20)30-26(36)27(34-24-16-7-6-14-22(24)31-32-34)33(28(37)38)18-19-10-2-1-3-11-19/h1-17,27H,18H2,(H,30,36)(H,37,38). The van der Waals surface area contributed by atoms with Crippen LogP contribution in [0.25, 0.3) is 11.0 Å². The molecule has 0 aliphatic carbocycles. The fraction of sp³-hybridized carbons (Fsp3) is 0.0714. The van der Waals surface area contributed by atoms with Gasteiger partial charge >= 0.3 is 6.09 Å². The summed E-state index contributed by atoms with van der Waals surface area (Å²) in [6.45, 7) is -0.0863. The quantitative estimate of drug-likeness (QED) is 0.299. The van der Waals surface area contributed by atoms with Crippen molar-refractivity contribution in [3.05, 3.63) is 120 Å². The van der Waals surface area contributed by atoms with E-state index >= 15 is 0 Å². The van der Waals surface area contributed by atoms with Crippen molar-refractivity contribution in [1.82, 2.24) is 24.9 Å². The van der Waals surface area contributed by atoms with Crippen LogP contribution in [-0.2, 0) is 11.3 Å². The van der Waals surface area contributed by atoms with Gasteiger partial charge in [0.05, 0.1) is 17.7 Å². The highest BCUT2D eigenvalue weighted by Crippen LogP contribution is 2.25. The maximum atomic E-state index is 13.9. The number of hydrogen-bond donors (Lipinski definition) is 2. The van der Waals surface area contributed by atoms with Crippen LogP contribution in [0.4, 0.5) is 10.5 Å². The minimum absolute atomic E-state index is 0.0863. The lowest BCUT2D eigenvalue weighted by Gasteiger charge is -2.29. The molecule has 38 heavy (non-hydrogen) atoms. The molecule has 3 aromatic carbocycles. The van der Waals surface area contributed by atoms with Crippen LogP contribution in [-0.4, -0.2) is 47.8 Å². The molecule has 0 saturated carbocycles. The second kappa shape index (κ2) is 10.7. The van der Waals surface area contributed by atoms with Crippen LogP contribution in [0.3, 0.4) is 0 Å². The first-order valence-corrected chi connectivity index (χ1v) is 11.7. The Morgan fingerprint density at radius 2 is 1.58 bits per heavy atom. The molecular formula is C28H22N6O4. The zero-order valence-electron chi connectivity index (χ0n) is 20.0. The minimum Gasteiger partial charge on any atom is -0.465 e. The van der Waals surface area contributed by atoms with E-state index in [2.05, 4.69) is 20.6 Å². The molecule has 0 bridgehead atoms. The maximum Gasteiger partial charge on any atom is 0.409 e. The Hall–Kier alpha value is -5.38. The Morgan fingerprint density at radius 3 is 2.34 bits per heavy atom. The summed E-state index contributed by atoms with van der Waals surface area (Å²) in [5.41, 5.74) is 2.30. The number of para-hydroxylation sites is 2. The number of aromatic nitrogens is 4. The highest BCUT2D eigenvalue weighted by atomic mass is 16.4. The molecule has 2 N–H and O–H groups in total. The first kappa shape index (κ1) is 24.3. The Morgan fingerprint density at radius 1 is 0.868 bits per heavy atom. The number of carbonyl (C=O) groups excluding carboxylic acids is 2. The van der Waals surface area contributed by atoms with Gasteiger partial charge in [-0.25, -0.2) is 9.48 Å². The molecule has 2 heterocycles. The first-order chi connectivity index (χ1) is 18.5. The van der Waals surface area contributed by atoms with Gasteiger partial charge in [0.25, 0.3) is 5.91 Å². The van der Waals surface area contributed by atoms with Crippen molar-refractivity contribution in [2.75, 3.05) is 5.32 Å². The van der Waals surface area contributed by atoms with Gasteiger partial charge in [-0.15, -0.1) is 5.10 Å². The van der Waals surface area contributed by atoms with Crippen molar-refractivity contribution in [3.8, 4) is 0 Å². The van der Waals surface area contributed by atoms with Gasteiger partial charge < -0.3 is 10.4 Å². The molecule has 2 amide bonds. The largest absolute Gasteiger partial charge is 0.465 e. The van der Waals surface area contributed by atoms with Gasteiger partial charge in [0.2, 0.25) is 11.9 Å². The number of fused-ring (bicyclic) bond motifs is 1. The van der Waals surface area contributed by atoms with Crippen LogP contribution in [0.15, 0.2) is 103 Å². The smallest absolute Gasteiger partial charge is 0.409 e. The predicted molar refractivity (Wildman–Crippen MR) is 139 cm³/mol. The normalized spacial score (nSPS) is 11.6. The molecule has 0 spiro atoms. The molecule has 5 rings (SSSR count). The van der Waals surface area contributed by atoms with Crippen molar-refractivity contribution in [1.29, 1.82) is 0 Å². The van der Waals surface area contributed by atoms with E-state index in [1.807, 2.05) is 6.07 Å². The van der Waals surface area contributed by atoms with E-state index in [1.54, 1.807) is 91.0 Å². The molecule has 1 unspecified atom stereocenters. The number of carboxylic acid groups (broad SMARTS) is 1. The number of rotatable bonds is 8. The number of amides is 2. The van der Waals surface area contributed by atoms with Crippen molar-refractivity contribution in [2.24, 2.45) is 0 Å². The average molecular weight is 507 g/mol. The van der Waals surface area contributed by atoms with Crippen LogP contribution < -0.4 is 5.32 Å². The highest BCUT2D eigenvalue weighted by Gasteiger charge is 2.34. The van der Waals surface area contributed by atoms with Crippen LogP contribution in [0.5, 0.6) is 0 Å². The molecule has 0 radical (unpaired) electrons. The number of nitrogens with zero attached hydrogens (tertiary/aromatic N) is 5. The lowest BCUT2D eigenvalue weighted by Crippen LogP contribution is -2.44. The van der Waals surface area contributed by atoms with Gasteiger partial charge in [-0.05, 0) is 42.0 Å². The third-order valence-electron chi connectivity index (χ3n) is 5.91. The molecule has 5 aromatic rings. The lowest BCUT2D eigenvalue weighted by molar-refractivity contribution is -0.124. The number of nitrogens with one attached hydrogen (secondary N) is 1. The van der Waals surface area contributed by atoms with Crippen molar-refractivity contribution < 1.29 is 19.5 Å². The molecule has 2 aromatic heterocycles. The molecular weight excluding hydrogens is 484 g/mol. The third-order valence-corrected chi connectivity index (χ3v) is 5.91. The van der Waals surface area contributed by atoms with E-state index in [4.69, 9.17) is 0 Å². The number of anilines is 1. The van der Waals surface area contributed by atoms with E-state index in [1.165, 1.54) is 10.9 Å². The van der Waals surface area contributed by atoms with Crippen LogP contribution in [0.1, 0.15) is 27.8 Å². The number of hydrogen-bond acceptors (Lipinski definition) is 6. The van der Waals surface area contributed by atoms with E-state index < -0.39 is 18.2 Å². The summed E-state index contributed by atoms with van der Waals surface area (Å²) < 4.78 is 1.27. The number of carbonyl (C=O) groups is 3. The lowest BCUT2D eigenvalue weighted by atomic mass is 10.1. The molecule has 188 valence electrons. The Labute approximate surface area is 217 Å². The molecule has 0 aliphatic rings. The zero-order chi connectivity index (χ0) is 26.5.